The summed E-state index contributed by atoms with van der Waals surface area (Å²) in [6, 6.07) is 1.80. The van der Waals surface area contributed by atoms with Crippen LogP contribution >= 0.6 is 33.9 Å². The quantitative estimate of drug-likeness (QED) is 0.852. The molecule has 7 heteroatoms. The van der Waals surface area contributed by atoms with E-state index in [4.69, 9.17) is 0 Å². The van der Waals surface area contributed by atoms with Gasteiger partial charge in [-0.1, -0.05) is 0 Å². The van der Waals surface area contributed by atoms with Gasteiger partial charge in [-0.3, -0.25) is 10.1 Å². The molecular formula is C8H5IN4OS. The van der Waals surface area contributed by atoms with E-state index in [0.717, 1.165) is 2.88 Å². The van der Waals surface area contributed by atoms with Crippen molar-refractivity contribution < 1.29 is 4.79 Å². The van der Waals surface area contributed by atoms with Crippen LogP contribution in [0.15, 0.2) is 23.8 Å². The summed E-state index contributed by atoms with van der Waals surface area (Å²) in [5, 5.41) is 11.6. The van der Waals surface area contributed by atoms with Crippen LogP contribution in [0.2, 0.25) is 0 Å². The van der Waals surface area contributed by atoms with Crippen LogP contribution < -0.4 is 5.32 Å². The zero-order valence-corrected chi connectivity index (χ0v) is 10.3. The minimum absolute atomic E-state index is 0.212. The summed E-state index contributed by atoms with van der Waals surface area (Å²) in [5.74, 6) is -0.00845. The Kier molecular flexibility index (Phi) is 3.21. The van der Waals surface area contributed by atoms with Crippen molar-refractivity contribution in [1.82, 2.24) is 15.2 Å². The number of carbonyl (C=O) groups excluding carboxylic acids is 1. The summed E-state index contributed by atoms with van der Waals surface area (Å²) < 4.78 is 1.06. The fourth-order valence-electron chi connectivity index (χ4n) is 0.908. The molecule has 0 aliphatic rings. The summed E-state index contributed by atoms with van der Waals surface area (Å²) in [6.45, 7) is 0. The minimum atomic E-state index is -0.220. The van der Waals surface area contributed by atoms with Gasteiger partial charge in [-0.05, 0) is 28.7 Å². The van der Waals surface area contributed by atoms with E-state index >= 15 is 0 Å². The normalized spacial score (nSPS) is 9.93. The van der Waals surface area contributed by atoms with Gasteiger partial charge < -0.3 is 0 Å². The predicted molar refractivity (Wildman–Crippen MR) is 64.8 cm³/mol. The number of carbonyl (C=O) groups is 1. The number of amides is 1. The summed E-state index contributed by atoms with van der Waals surface area (Å²) in [4.78, 5) is 15.5. The van der Waals surface area contributed by atoms with Gasteiger partial charge in [0.2, 0.25) is 5.95 Å². The smallest absolute Gasteiger partial charge is 0.258 e. The fraction of sp³-hybridized carbons (Fsp3) is 0. The molecule has 0 saturated carbocycles. The van der Waals surface area contributed by atoms with E-state index in [1.165, 1.54) is 23.7 Å². The second kappa shape index (κ2) is 4.62. The Morgan fingerprint density at radius 3 is 2.93 bits per heavy atom. The predicted octanol–water partition coefficient (Wildman–Crippen LogP) is 1.79. The molecule has 0 fully saturated rings. The second-order valence-corrected chi connectivity index (χ2v) is 5.37. The first-order chi connectivity index (χ1) is 7.25. The zero-order chi connectivity index (χ0) is 10.7. The lowest BCUT2D eigenvalue weighted by molar-refractivity contribution is 0.102. The van der Waals surface area contributed by atoms with Crippen LogP contribution in [0.25, 0.3) is 0 Å². The molecule has 0 aliphatic heterocycles. The summed E-state index contributed by atoms with van der Waals surface area (Å²) in [5.41, 5.74) is 0.608. The highest BCUT2D eigenvalue weighted by Crippen LogP contribution is 2.17. The van der Waals surface area contributed by atoms with Gasteiger partial charge in [0.05, 0.1) is 20.8 Å². The van der Waals surface area contributed by atoms with Gasteiger partial charge in [0, 0.05) is 5.38 Å². The zero-order valence-electron chi connectivity index (χ0n) is 7.35. The van der Waals surface area contributed by atoms with Gasteiger partial charge >= 0.3 is 0 Å². The number of anilines is 1. The molecule has 76 valence electrons. The van der Waals surface area contributed by atoms with Crippen molar-refractivity contribution in [2.75, 3.05) is 5.32 Å². The summed E-state index contributed by atoms with van der Waals surface area (Å²) >= 11 is 3.67. The van der Waals surface area contributed by atoms with Crippen LogP contribution in [0.3, 0.4) is 0 Å². The maximum atomic E-state index is 11.6. The molecule has 0 saturated heterocycles. The molecule has 2 aromatic rings. The van der Waals surface area contributed by atoms with E-state index < -0.39 is 0 Å². The average Bonchev–Trinajstić information content (AvgIpc) is 2.66. The Balaban J connectivity index is 2.11. The molecule has 0 spiro atoms. The number of nitrogens with one attached hydrogen (secondary N) is 1. The topological polar surface area (TPSA) is 67.8 Å². The van der Waals surface area contributed by atoms with Gasteiger partial charge in [0.1, 0.15) is 0 Å². The number of rotatable bonds is 2. The van der Waals surface area contributed by atoms with Crippen molar-refractivity contribution in [2.24, 2.45) is 0 Å². The molecule has 1 N–H and O–H groups in total. The van der Waals surface area contributed by atoms with Crippen molar-refractivity contribution in [1.29, 1.82) is 0 Å². The summed E-state index contributed by atoms with van der Waals surface area (Å²) in [7, 11) is 0. The minimum Gasteiger partial charge on any atom is -0.289 e. The number of halogens is 1. The van der Waals surface area contributed by atoms with Gasteiger partial charge in [-0.25, -0.2) is 4.98 Å². The Morgan fingerprint density at radius 2 is 2.33 bits per heavy atom. The lowest BCUT2D eigenvalue weighted by Gasteiger charge is -1.98. The van der Waals surface area contributed by atoms with Crippen LogP contribution in [-0.2, 0) is 0 Å². The van der Waals surface area contributed by atoms with Crippen LogP contribution in [0, 0.1) is 2.88 Å². The van der Waals surface area contributed by atoms with Crippen molar-refractivity contribution in [3.63, 3.8) is 0 Å². The lowest BCUT2D eigenvalue weighted by atomic mass is 10.3. The van der Waals surface area contributed by atoms with Gasteiger partial charge in [-0.15, -0.1) is 16.4 Å². The highest BCUT2D eigenvalue weighted by Gasteiger charge is 2.09. The van der Waals surface area contributed by atoms with Crippen molar-refractivity contribution in [2.45, 2.75) is 0 Å². The molecule has 2 rings (SSSR count). The third-order valence-corrected chi connectivity index (χ3v) is 3.33. The first-order valence-corrected chi connectivity index (χ1v) is 5.90. The highest BCUT2D eigenvalue weighted by molar-refractivity contribution is 14.1. The van der Waals surface area contributed by atoms with E-state index in [-0.39, 0.29) is 11.9 Å². The molecule has 0 unspecified atom stereocenters. The molecule has 2 heterocycles. The Morgan fingerprint density at radius 1 is 1.47 bits per heavy atom. The Hall–Kier alpha value is -1.09. The second-order valence-electron chi connectivity index (χ2n) is 2.56. The number of aromatic nitrogens is 3. The van der Waals surface area contributed by atoms with E-state index in [1.807, 2.05) is 0 Å². The van der Waals surface area contributed by atoms with E-state index in [0.29, 0.717) is 5.56 Å². The van der Waals surface area contributed by atoms with E-state index in [1.54, 1.807) is 11.4 Å². The Bertz CT molecular complexity index is 473. The standard InChI is InChI=1S/C8H5IN4OS/c9-6-3-5(4-15-6)7(14)12-8-10-1-2-11-13-8/h1-4H,(H,10,12,13,14). The first kappa shape index (κ1) is 10.4. The molecule has 5 nitrogen and oxygen atoms in total. The van der Waals surface area contributed by atoms with Gasteiger partial charge in [0.15, 0.2) is 0 Å². The molecule has 2 aromatic heterocycles. The van der Waals surface area contributed by atoms with Crippen LogP contribution in [0.1, 0.15) is 10.4 Å². The first-order valence-electron chi connectivity index (χ1n) is 3.95. The third-order valence-electron chi connectivity index (χ3n) is 1.54. The highest BCUT2D eigenvalue weighted by atomic mass is 127. The van der Waals surface area contributed by atoms with E-state index in [9.17, 15) is 4.79 Å². The molecule has 0 bridgehead atoms. The average molecular weight is 332 g/mol. The lowest BCUT2D eigenvalue weighted by Crippen LogP contribution is -2.13. The fourth-order valence-corrected chi connectivity index (χ4v) is 2.23. The van der Waals surface area contributed by atoms with Crippen molar-refractivity contribution in [3.8, 4) is 0 Å². The molecule has 0 aromatic carbocycles. The number of hydrogen-bond acceptors (Lipinski definition) is 5. The van der Waals surface area contributed by atoms with Gasteiger partial charge in [-0.2, -0.15) is 5.10 Å². The van der Waals surface area contributed by atoms with Crippen LogP contribution in [0.4, 0.5) is 5.95 Å². The summed E-state index contributed by atoms with van der Waals surface area (Å²) in [6.07, 6.45) is 2.92. The molecule has 0 atom stereocenters. The van der Waals surface area contributed by atoms with Crippen LogP contribution in [0.5, 0.6) is 0 Å². The van der Waals surface area contributed by atoms with Crippen molar-refractivity contribution in [3.05, 3.63) is 32.3 Å². The van der Waals surface area contributed by atoms with Crippen molar-refractivity contribution >= 4 is 45.8 Å². The Labute approximate surface area is 103 Å². The molecular weight excluding hydrogens is 327 g/mol. The number of thiophene rings is 1. The number of hydrogen-bond donors (Lipinski definition) is 1. The largest absolute Gasteiger partial charge is 0.289 e. The third kappa shape index (κ3) is 2.69. The molecule has 1 amide bonds. The molecule has 0 radical (unpaired) electrons. The monoisotopic (exact) mass is 332 g/mol. The van der Waals surface area contributed by atoms with E-state index in [2.05, 4.69) is 43.1 Å². The van der Waals surface area contributed by atoms with Gasteiger partial charge in [0.25, 0.3) is 5.91 Å². The molecule has 0 aliphatic carbocycles. The maximum absolute atomic E-state index is 11.6. The molecule has 15 heavy (non-hydrogen) atoms. The number of nitrogens with zero attached hydrogens (tertiary/aromatic N) is 3. The SMILES string of the molecule is O=C(Nc1nccnn1)c1csc(I)c1. The van der Waals surface area contributed by atoms with Crippen LogP contribution in [-0.4, -0.2) is 21.1 Å². The maximum Gasteiger partial charge on any atom is 0.258 e.